The number of hydrogen-bond acceptors (Lipinski definition) is 4. The number of phenols is 1. The van der Waals surface area contributed by atoms with Crippen LogP contribution in [0.5, 0.6) is 5.75 Å². The summed E-state index contributed by atoms with van der Waals surface area (Å²) in [6, 6.07) is 7.39. The van der Waals surface area contributed by atoms with Gasteiger partial charge in [0.15, 0.2) is 0 Å². The molecule has 1 saturated heterocycles. The zero-order valence-electron chi connectivity index (χ0n) is 13.9. The van der Waals surface area contributed by atoms with Gasteiger partial charge >= 0.3 is 0 Å². The third kappa shape index (κ3) is 6.20. The molecule has 1 aliphatic heterocycles. The summed E-state index contributed by atoms with van der Waals surface area (Å²) < 4.78 is 0. The largest absolute Gasteiger partial charge is 0.508 e. The lowest BCUT2D eigenvalue weighted by Crippen LogP contribution is -2.48. The first-order chi connectivity index (χ1) is 11.2. The van der Waals surface area contributed by atoms with E-state index >= 15 is 0 Å². The van der Waals surface area contributed by atoms with Crippen LogP contribution in [0.4, 0.5) is 0 Å². The lowest BCUT2D eigenvalue weighted by atomic mass is 10.1. The number of piperazine rings is 1. The number of carbonyl (C=O) groups excluding carboxylic acids is 1. The molecule has 0 atom stereocenters. The average molecular weight is 319 g/mol. The molecule has 1 aliphatic rings. The average Bonchev–Trinajstić information content (AvgIpc) is 2.55. The van der Waals surface area contributed by atoms with Gasteiger partial charge in [-0.1, -0.05) is 25.0 Å². The fourth-order valence-corrected chi connectivity index (χ4v) is 3.00. The quantitative estimate of drug-likeness (QED) is 0.719. The van der Waals surface area contributed by atoms with Crippen LogP contribution in [0.1, 0.15) is 37.7 Å². The Kier molecular flexibility index (Phi) is 7.36. The molecule has 0 bridgehead atoms. The maximum Gasteiger partial charge on any atom is 0.222 e. The zero-order valence-corrected chi connectivity index (χ0v) is 13.9. The van der Waals surface area contributed by atoms with E-state index in [1.807, 2.05) is 17.0 Å². The molecule has 3 N–H and O–H groups in total. The second kappa shape index (κ2) is 9.53. The Bertz CT molecular complexity index is 485. The van der Waals surface area contributed by atoms with Crippen molar-refractivity contribution in [3.8, 4) is 5.75 Å². The van der Waals surface area contributed by atoms with E-state index in [-0.39, 0.29) is 5.91 Å². The first kappa shape index (κ1) is 17.8. The number of amides is 1. The minimum atomic E-state index is 0.287. The van der Waals surface area contributed by atoms with Gasteiger partial charge in [-0.05, 0) is 37.1 Å². The Morgan fingerprint density at radius 1 is 1.09 bits per heavy atom. The van der Waals surface area contributed by atoms with Crippen molar-refractivity contribution in [1.29, 1.82) is 0 Å². The van der Waals surface area contributed by atoms with Crippen LogP contribution in [0.2, 0.25) is 0 Å². The van der Waals surface area contributed by atoms with Gasteiger partial charge in [-0.25, -0.2) is 0 Å². The summed E-state index contributed by atoms with van der Waals surface area (Å²) in [5.74, 6) is 0.598. The molecule has 0 aromatic heterocycles. The summed E-state index contributed by atoms with van der Waals surface area (Å²) >= 11 is 0. The predicted octanol–water partition coefficient (Wildman–Crippen LogP) is 1.95. The lowest BCUT2D eigenvalue weighted by Gasteiger charge is -2.34. The van der Waals surface area contributed by atoms with Gasteiger partial charge in [-0.15, -0.1) is 0 Å². The van der Waals surface area contributed by atoms with Crippen LogP contribution >= 0.6 is 0 Å². The minimum absolute atomic E-state index is 0.287. The number of nitrogens with zero attached hydrogens (tertiary/aromatic N) is 2. The Hall–Kier alpha value is -1.59. The molecule has 0 spiro atoms. The van der Waals surface area contributed by atoms with Crippen LogP contribution in [0.15, 0.2) is 24.3 Å². The molecule has 0 saturated carbocycles. The first-order valence-electron chi connectivity index (χ1n) is 8.67. The van der Waals surface area contributed by atoms with Gasteiger partial charge in [-0.2, -0.15) is 0 Å². The van der Waals surface area contributed by atoms with Crippen molar-refractivity contribution in [3.63, 3.8) is 0 Å². The van der Waals surface area contributed by atoms with Gasteiger partial charge < -0.3 is 15.7 Å². The van der Waals surface area contributed by atoms with Crippen LogP contribution < -0.4 is 5.73 Å². The summed E-state index contributed by atoms with van der Waals surface area (Å²) in [7, 11) is 0. The normalized spacial score (nSPS) is 15.8. The molecule has 1 aromatic rings. The Morgan fingerprint density at radius 2 is 1.83 bits per heavy atom. The van der Waals surface area contributed by atoms with Crippen molar-refractivity contribution in [2.24, 2.45) is 5.73 Å². The lowest BCUT2D eigenvalue weighted by molar-refractivity contribution is -0.133. The fraction of sp³-hybridized carbons (Fsp3) is 0.611. The van der Waals surface area contributed by atoms with Crippen molar-refractivity contribution in [1.82, 2.24) is 9.80 Å². The molecule has 0 unspecified atom stereocenters. The number of carbonyl (C=O) groups is 1. The van der Waals surface area contributed by atoms with Crippen molar-refractivity contribution < 1.29 is 9.90 Å². The van der Waals surface area contributed by atoms with Crippen molar-refractivity contribution in [2.75, 3.05) is 32.7 Å². The molecule has 0 radical (unpaired) electrons. The number of unbranched alkanes of at least 4 members (excludes halogenated alkanes) is 3. The molecule has 2 rings (SSSR count). The Balaban J connectivity index is 1.66. The van der Waals surface area contributed by atoms with Crippen LogP contribution in [-0.2, 0) is 11.3 Å². The van der Waals surface area contributed by atoms with E-state index in [9.17, 15) is 9.90 Å². The number of phenolic OH excluding ortho intramolecular Hbond substituents is 1. The fourth-order valence-electron chi connectivity index (χ4n) is 3.00. The molecule has 1 heterocycles. The van der Waals surface area contributed by atoms with Gasteiger partial charge in [0, 0.05) is 39.1 Å². The summed E-state index contributed by atoms with van der Waals surface area (Å²) in [4.78, 5) is 16.5. The smallest absolute Gasteiger partial charge is 0.222 e. The van der Waals surface area contributed by atoms with Gasteiger partial charge in [0.05, 0.1) is 0 Å². The number of nitrogens with two attached hydrogens (primary N) is 1. The van der Waals surface area contributed by atoms with Gasteiger partial charge in [0.2, 0.25) is 5.91 Å². The van der Waals surface area contributed by atoms with Crippen LogP contribution in [-0.4, -0.2) is 53.5 Å². The molecular formula is C18H29N3O2. The summed E-state index contributed by atoms with van der Waals surface area (Å²) in [5.41, 5.74) is 6.59. The monoisotopic (exact) mass is 319 g/mol. The van der Waals surface area contributed by atoms with Gasteiger partial charge in [-0.3, -0.25) is 9.69 Å². The highest BCUT2D eigenvalue weighted by Gasteiger charge is 2.20. The molecule has 1 aromatic carbocycles. The van der Waals surface area contributed by atoms with E-state index in [1.165, 1.54) is 0 Å². The van der Waals surface area contributed by atoms with Crippen LogP contribution in [0.3, 0.4) is 0 Å². The van der Waals surface area contributed by atoms with Crippen molar-refractivity contribution >= 4 is 5.91 Å². The third-order valence-corrected chi connectivity index (χ3v) is 4.39. The summed E-state index contributed by atoms with van der Waals surface area (Å²) in [5, 5.41) is 9.52. The van der Waals surface area contributed by atoms with Gasteiger partial charge in [0.25, 0.3) is 0 Å². The van der Waals surface area contributed by atoms with Gasteiger partial charge in [0.1, 0.15) is 5.75 Å². The maximum atomic E-state index is 12.2. The topological polar surface area (TPSA) is 69.8 Å². The molecule has 1 amide bonds. The highest BCUT2D eigenvalue weighted by atomic mass is 16.3. The van der Waals surface area contributed by atoms with Crippen molar-refractivity contribution in [2.45, 2.75) is 38.6 Å². The Labute approximate surface area is 139 Å². The molecule has 0 aliphatic carbocycles. The summed E-state index contributed by atoms with van der Waals surface area (Å²) in [6.07, 6.45) is 4.92. The van der Waals surface area contributed by atoms with E-state index in [0.717, 1.165) is 70.5 Å². The molecule has 5 heteroatoms. The highest BCUT2D eigenvalue weighted by molar-refractivity contribution is 5.76. The SMILES string of the molecule is NCCCCCCC(=O)N1CCN(Cc2cccc(O)c2)CC1. The van der Waals surface area contributed by atoms with E-state index < -0.39 is 0 Å². The van der Waals surface area contributed by atoms with Crippen LogP contribution in [0.25, 0.3) is 0 Å². The third-order valence-electron chi connectivity index (χ3n) is 4.39. The van der Waals surface area contributed by atoms with Crippen molar-refractivity contribution in [3.05, 3.63) is 29.8 Å². The molecular weight excluding hydrogens is 290 g/mol. The number of hydrogen-bond donors (Lipinski definition) is 2. The molecule has 1 fully saturated rings. The second-order valence-corrected chi connectivity index (χ2v) is 6.28. The highest BCUT2D eigenvalue weighted by Crippen LogP contribution is 2.15. The first-order valence-corrected chi connectivity index (χ1v) is 8.67. The van der Waals surface area contributed by atoms with E-state index in [4.69, 9.17) is 5.73 Å². The molecule has 128 valence electrons. The molecule has 23 heavy (non-hydrogen) atoms. The number of benzene rings is 1. The standard InChI is InChI=1S/C18H29N3O2/c19-9-4-2-1-3-8-18(23)21-12-10-20(11-13-21)15-16-6-5-7-17(22)14-16/h5-7,14,22H,1-4,8-13,15,19H2. The van der Waals surface area contributed by atoms with E-state index in [0.29, 0.717) is 12.2 Å². The van der Waals surface area contributed by atoms with E-state index in [2.05, 4.69) is 4.90 Å². The Morgan fingerprint density at radius 3 is 2.52 bits per heavy atom. The van der Waals surface area contributed by atoms with Crippen LogP contribution in [0, 0.1) is 0 Å². The predicted molar refractivity (Wildman–Crippen MR) is 92.1 cm³/mol. The number of aromatic hydroxyl groups is 1. The summed E-state index contributed by atoms with van der Waals surface area (Å²) in [6.45, 7) is 4.98. The second-order valence-electron chi connectivity index (χ2n) is 6.28. The van der Waals surface area contributed by atoms with E-state index in [1.54, 1.807) is 12.1 Å². The molecule has 5 nitrogen and oxygen atoms in total. The zero-order chi connectivity index (χ0) is 16.5. The number of rotatable bonds is 8. The minimum Gasteiger partial charge on any atom is -0.508 e. The maximum absolute atomic E-state index is 12.2.